The Bertz CT molecular complexity index is 1980. The molecule has 7 rings (SSSR count). The second kappa shape index (κ2) is 13.4. The van der Waals surface area contributed by atoms with Crippen molar-refractivity contribution in [1.82, 2.24) is 24.9 Å². The summed E-state index contributed by atoms with van der Waals surface area (Å²) in [6.45, 7) is 7.89. The number of thiazole rings is 1. The van der Waals surface area contributed by atoms with Crippen molar-refractivity contribution >= 4 is 61.1 Å². The molecule has 3 amide bonds. The molecule has 1 saturated heterocycles. The zero-order valence-corrected chi connectivity index (χ0v) is 29.8. The number of carbonyl (C=O) groups is 3. The number of carbonyl (C=O) groups excluding carboxylic acids is 3. The van der Waals surface area contributed by atoms with Gasteiger partial charge < -0.3 is 20.3 Å². The molecular weight excluding hydrogens is 677 g/mol. The maximum absolute atomic E-state index is 14.6. The molecule has 3 aromatic rings. The number of amides is 3. The van der Waals surface area contributed by atoms with Crippen LogP contribution in [-0.2, 0) is 30.8 Å². The van der Waals surface area contributed by atoms with E-state index in [2.05, 4.69) is 39.1 Å². The molecule has 264 valence electrons. The zero-order chi connectivity index (χ0) is 35.2. The lowest BCUT2D eigenvalue weighted by Gasteiger charge is -2.32. The summed E-state index contributed by atoms with van der Waals surface area (Å²) < 4.78 is 34.1. The standard InChI is InChI=1S/C36H42N6O6S2/c1-4-21(3)30-33(44)42-19-26(17-29(42)31(43)40-36(18-24(36)5-2)34(45)41-50(46,47)27-12-13-27)48-32-28-16-22(10-11-23(28)14-15-37-32)8-6-7-9-25-20-49-35(38-25)39-30/h5-6,8,10-11,14-16,20-21,24,26-27,29-30H,2,4,7,9,12-13,17-19H2,1,3H3,(H,38,39)(H,40,43)(H,41,45)/b8-6+/t21-,24-,26-,29+,30+,36-/m1/s1. The number of aryl methyl sites for hydroxylation is 1. The Morgan fingerprint density at radius 3 is 2.84 bits per heavy atom. The van der Waals surface area contributed by atoms with E-state index in [1.165, 1.54) is 16.2 Å². The van der Waals surface area contributed by atoms with E-state index >= 15 is 0 Å². The highest BCUT2D eigenvalue weighted by Crippen LogP contribution is 2.45. The lowest BCUT2D eigenvalue weighted by atomic mass is 9.97. The van der Waals surface area contributed by atoms with Gasteiger partial charge in [-0.3, -0.25) is 19.1 Å². The Hall–Kier alpha value is -4.30. The van der Waals surface area contributed by atoms with E-state index in [9.17, 15) is 22.8 Å². The van der Waals surface area contributed by atoms with E-state index in [-0.39, 0.29) is 31.2 Å². The normalized spacial score (nSPS) is 27.7. The molecule has 12 nitrogen and oxygen atoms in total. The minimum atomic E-state index is -3.85. The van der Waals surface area contributed by atoms with Crippen molar-refractivity contribution in [2.45, 2.75) is 87.8 Å². The van der Waals surface area contributed by atoms with Gasteiger partial charge in [-0.15, -0.1) is 17.9 Å². The number of allylic oxidation sites excluding steroid dienone is 1. The molecule has 2 aliphatic heterocycles. The van der Waals surface area contributed by atoms with Crippen LogP contribution in [0.25, 0.3) is 16.8 Å². The van der Waals surface area contributed by atoms with E-state index in [1.807, 2.05) is 43.5 Å². The Kier molecular flexibility index (Phi) is 9.18. The molecule has 0 spiro atoms. The summed E-state index contributed by atoms with van der Waals surface area (Å²) in [7, 11) is -3.85. The van der Waals surface area contributed by atoms with E-state index < -0.39 is 56.7 Å². The van der Waals surface area contributed by atoms with Gasteiger partial charge in [0.1, 0.15) is 23.7 Å². The van der Waals surface area contributed by atoms with E-state index in [4.69, 9.17) is 9.72 Å². The third kappa shape index (κ3) is 6.74. The minimum Gasteiger partial charge on any atom is -0.472 e. The van der Waals surface area contributed by atoms with Crippen LogP contribution in [0.1, 0.15) is 63.6 Å². The summed E-state index contributed by atoms with van der Waals surface area (Å²) in [6, 6.07) is 6.28. The van der Waals surface area contributed by atoms with Crippen molar-refractivity contribution in [1.29, 1.82) is 0 Å². The van der Waals surface area contributed by atoms with Crippen LogP contribution in [0.15, 0.2) is 54.6 Å². The molecule has 2 saturated carbocycles. The molecule has 2 aliphatic carbocycles. The van der Waals surface area contributed by atoms with Crippen molar-refractivity contribution in [3.63, 3.8) is 0 Å². The number of nitrogens with one attached hydrogen (secondary N) is 3. The van der Waals surface area contributed by atoms with Crippen molar-refractivity contribution in [2.24, 2.45) is 11.8 Å². The van der Waals surface area contributed by atoms with Gasteiger partial charge in [0.25, 0.3) is 5.91 Å². The molecule has 14 heteroatoms. The lowest BCUT2D eigenvalue weighted by Crippen LogP contribution is -2.58. The highest BCUT2D eigenvalue weighted by Gasteiger charge is 2.62. The number of rotatable bonds is 8. The number of hydrogen-bond acceptors (Lipinski definition) is 10. The summed E-state index contributed by atoms with van der Waals surface area (Å²) in [5.41, 5.74) is 0.430. The Labute approximate surface area is 295 Å². The molecule has 2 aromatic heterocycles. The maximum atomic E-state index is 14.6. The fraction of sp³-hybridized carbons (Fsp3) is 0.472. The van der Waals surface area contributed by atoms with Crippen LogP contribution in [0, 0.1) is 11.8 Å². The summed E-state index contributed by atoms with van der Waals surface area (Å²) >= 11 is 1.44. The quantitative estimate of drug-likeness (QED) is 0.290. The largest absolute Gasteiger partial charge is 0.472 e. The summed E-state index contributed by atoms with van der Waals surface area (Å²) in [4.78, 5) is 53.2. The summed E-state index contributed by atoms with van der Waals surface area (Å²) in [5.74, 6) is -1.80. The van der Waals surface area contributed by atoms with Crippen molar-refractivity contribution < 1.29 is 27.5 Å². The highest BCUT2D eigenvalue weighted by atomic mass is 32.2. The fourth-order valence-electron chi connectivity index (χ4n) is 6.84. The van der Waals surface area contributed by atoms with Crippen LogP contribution in [0.5, 0.6) is 5.88 Å². The first-order chi connectivity index (χ1) is 24.0. The molecule has 0 radical (unpaired) electrons. The second-order valence-electron chi connectivity index (χ2n) is 13.9. The minimum absolute atomic E-state index is 0.104. The molecule has 4 heterocycles. The van der Waals surface area contributed by atoms with Gasteiger partial charge in [-0.2, -0.15) is 0 Å². The average Bonchev–Trinajstić information content (AvgIpc) is 4.00. The summed E-state index contributed by atoms with van der Waals surface area (Å²) in [6.07, 6.45) is 10.3. The van der Waals surface area contributed by atoms with Crippen LogP contribution in [0.4, 0.5) is 5.13 Å². The number of benzene rings is 1. The van der Waals surface area contributed by atoms with Gasteiger partial charge in [0.2, 0.25) is 27.7 Å². The smallest absolute Gasteiger partial charge is 0.259 e. The van der Waals surface area contributed by atoms with Gasteiger partial charge in [0.05, 0.1) is 17.5 Å². The topological polar surface area (TPSA) is 160 Å². The first-order valence-electron chi connectivity index (χ1n) is 17.3. The van der Waals surface area contributed by atoms with Gasteiger partial charge in [0, 0.05) is 29.3 Å². The molecule has 50 heavy (non-hydrogen) atoms. The maximum Gasteiger partial charge on any atom is 0.259 e. The fourth-order valence-corrected chi connectivity index (χ4v) is 8.99. The molecule has 6 bridgehead atoms. The average molecular weight is 719 g/mol. The van der Waals surface area contributed by atoms with E-state index in [0.29, 0.717) is 30.3 Å². The number of sulfonamides is 1. The van der Waals surface area contributed by atoms with Gasteiger partial charge in [0.15, 0.2) is 5.13 Å². The predicted molar refractivity (Wildman–Crippen MR) is 192 cm³/mol. The monoisotopic (exact) mass is 718 g/mol. The summed E-state index contributed by atoms with van der Waals surface area (Å²) in [5, 5.41) is 10.0. The first-order valence-corrected chi connectivity index (χ1v) is 19.7. The number of nitrogens with zero attached hydrogens (tertiary/aromatic N) is 3. The SMILES string of the molecule is C=C[C@@H]1C[C@]1(NC(=O)[C@@H]1C[C@@H]2CN1C(=O)[C@H]([C@H](C)CC)Nc1nc(cs1)CC/C=C/c1ccc3ccnc(c3c1)O2)C(=O)NS(=O)(=O)C1CC1. The lowest BCUT2D eigenvalue weighted by molar-refractivity contribution is -0.141. The highest BCUT2D eigenvalue weighted by molar-refractivity contribution is 7.91. The number of ether oxygens (including phenoxy) is 1. The molecule has 3 N–H and O–H groups in total. The van der Waals surface area contributed by atoms with Crippen molar-refractivity contribution in [3.05, 3.63) is 65.8 Å². The van der Waals surface area contributed by atoms with Crippen LogP contribution < -0.4 is 20.1 Å². The van der Waals surface area contributed by atoms with Crippen LogP contribution in [0.3, 0.4) is 0 Å². The van der Waals surface area contributed by atoms with Crippen LogP contribution in [-0.4, -0.2) is 76.5 Å². The number of aromatic nitrogens is 2. The van der Waals surface area contributed by atoms with E-state index in [0.717, 1.165) is 34.9 Å². The number of pyridine rings is 1. The third-order valence-electron chi connectivity index (χ3n) is 10.3. The Balaban J connectivity index is 1.23. The number of fused-ring (bicyclic) bond motifs is 5. The molecule has 6 atom stereocenters. The third-order valence-corrected chi connectivity index (χ3v) is 13.0. The first kappa shape index (κ1) is 34.2. The van der Waals surface area contributed by atoms with Crippen molar-refractivity contribution in [2.75, 3.05) is 11.9 Å². The predicted octanol–water partition coefficient (Wildman–Crippen LogP) is 4.20. The molecule has 3 fully saturated rings. The van der Waals surface area contributed by atoms with E-state index in [1.54, 1.807) is 12.3 Å². The van der Waals surface area contributed by atoms with Gasteiger partial charge in [-0.25, -0.2) is 18.4 Å². The Morgan fingerprint density at radius 1 is 1.28 bits per heavy atom. The molecular formula is C36H42N6O6S2. The molecule has 0 unspecified atom stereocenters. The van der Waals surface area contributed by atoms with Crippen LogP contribution >= 0.6 is 11.3 Å². The Morgan fingerprint density at radius 2 is 2.10 bits per heavy atom. The molecule has 1 aromatic carbocycles. The van der Waals surface area contributed by atoms with Gasteiger partial charge in [-0.05, 0) is 61.1 Å². The number of anilines is 1. The zero-order valence-electron chi connectivity index (χ0n) is 28.1. The van der Waals surface area contributed by atoms with Gasteiger partial charge >= 0.3 is 0 Å². The second-order valence-corrected chi connectivity index (χ2v) is 16.7. The molecule has 4 aliphatic rings. The van der Waals surface area contributed by atoms with Crippen molar-refractivity contribution in [3.8, 4) is 5.88 Å². The number of hydrogen-bond donors (Lipinski definition) is 3. The van der Waals surface area contributed by atoms with Crippen LogP contribution in [0.2, 0.25) is 0 Å². The van der Waals surface area contributed by atoms with Gasteiger partial charge in [-0.1, -0.05) is 50.6 Å².